The van der Waals surface area contributed by atoms with E-state index in [4.69, 9.17) is 9.47 Å². The van der Waals surface area contributed by atoms with Crippen molar-refractivity contribution in [2.75, 3.05) is 13.7 Å². The van der Waals surface area contributed by atoms with E-state index >= 15 is 0 Å². The molecule has 0 aromatic heterocycles. The van der Waals surface area contributed by atoms with E-state index in [9.17, 15) is 23.5 Å². The Morgan fingerprint density at radius 2 is 1.76 bits per heavy atom. The Morgan fingerprint density at radius 3 is 2.29 bits per heavy atom. The molecule has 1 aliphatic heterocycles. The van der Waals surface area contributed by atoms with Crippen LogP contribution >= 0.6 is 0 Å². The Kier molecular flexibility index (Phi) is 7.76. The summed E-state index contributed by atoms with van der Waals surface area (Å²) >= 11 is 0. The monoisotopic (exact) mass is 476 g/mol. The number of ether oxygens (including phenoxy) is 2. The third-order valence-electron chi connectivity index (χ3n) is 5.58. The highest BCUT2D eigenvalue weighted by atomic mass is 19.1. The van der Waals surface area contributed by atoms with Crippen LogP contribution < -0.4 is 10.1 Å². The molecule has 3 rings (SSSR count). The van der Waals surface area contributed by atoms with Crippen molar-refractivity contribution in [3.63, 3.8) is 0 Å². The number of aliphatic hydroxyl groups is 1. The average Bonchev–Trinajstić information content (AvgIpc) is 2.75. The first-order valence-corrected chi connectivity index (χ1v) is 11.0. The Labute approximate surface area is 197 Å². The summed E-state index contributed by atoms with van der Waals surface area (Å²) in [6.45, 7) is 4.89. The first kappa shape index (κ1) is 25.4. The van der Waals surface area contributed by atoms with Gasteiger partial charge in [-0.15, -0.1) is 0 Å². The number of hydrogen-bond acceptors (Lipinski definition) is 5. The van der Waals surface area contributed by atoms with Gasteiger partial charge in [0.05, 0.1) is 19.8 Å². The SMILES string of the molecule is COc1ccc(CN2C[C@H](NC(=O)OC(C)(C)C)C(c3c(F)cc(CO)cc3F)CC2=O)cc1. The number of hydrogen-bond donors (Lipinski definition) is 2. The highest BCUT2D eigenvalue weighted by molar-refractivity contribution is 5.79. The molecule has 7 nitrogen and oxygen atoms in total. The molecule has 1 heterocycles. The molecule has 2 aromatic carbocycles. The van der Waals surface area contributed by atoms with E-state index in [1.807, 2.05) is 12.1 Å². The van der Waals surface area contributed by atoms with Gasteiger partial charge in [-0.1, -0.05) is 12.1 Å². The summed E-state index contributed by atoms with van der Waals surface area (Å²) in [5, 5.41) is 11.9. The molecular weight excluding hydrogens is 446 g/mol. The summed E-state index contributed by atoms with van der Waals surface area (Å²) in [7, 11) is 1.56. The lowest BCUT2D eigenvalue weighted by Gasteiger charge is -2.39. The average molecular weight is 477 g/mol. The highest BCUT2D eigenvalue weighted by Gasteiger charge is 2.39. The molecule has 1 aliphatic rings. The van der Waals surface area contributed by atoms with E-state index in [0.29, 0.717) is 5.75 Å². The second-order valence-electron chi connectivity index (χ2n) is 9.32. The minimum atomic E-state index is -0.945. The Morgan fingerprint density at radius 1 is 1.15 bits per heavy atom. The van der Waals surface area contributed by atoms with Crippen molar-refractivity contribution >= 4 is 12.0 Å². The summed E-state index contributed by atoms with van der Waals surface area (Å²) < 4.78 is 40.2. The maximum absolute atomic E-state index is 14.9. The molecule has 184 valence electrons. The molecular formula is C25H30F2N2O5. The molecule has 1 saturated heterocycles. The molecule has 0 aliphatic carbocycles. The topological polar surface area (TPSA) is 88.1 Å². The van der Waals surface area contributed by atoms with Crippen LogP contribution in [0.1, 0.15) is 49.8 Å². The largest absolute Gasteiger partial charge is 0.497 e. The maximum atomic E-state index is 14.9. The quantitative estimate of drug-likeness (QED) is 0.661. The van der Waals surface area contributed by atoms with Gasteiger partial charge in [0.1, 0.15) is 23.0 Å². The zero-order valence-electron chi connectivity index (χ0n) is 19.7. The maximum Gasteiger partial charge on any atom is 0.407 e. The number of halogens is 2. The number of rotatable bonds is 6. The van der Waals surface area contributed by atoms with Crippen LogP contribution in [0.5, 0.6) is 5.75 Å². The van der Waals surface area contributed by atoms with Crippen molar-refractivity contribution in [3.8, 4) is 5.75 Å². The van der Waals surface area contributed by atoms with Gasteiger partial charge in [0.15, 0.2) is 0 Å². The number of aliphatic hydroxyl groups excluding tert-OH is 1. The normalized spacial score (nSPS) is 18.6. The van der Waals surface area contributed by atoms with Gasteiger partial charge in [0, 0.05) is 31.0 Å². The second kappa shape index (κ2) is 10.4. The zero-order chi connectivity index (χ0) is 25.0. The van der Waals surface area contributed by atoms with Gasteiger partial charge >= 0.3 is 6.09 Å². The number of methoxy groups -OCH3 is 1. The fraction of sp³-hybridized carbons (Fsp3) is 0.440. The van der Waals surface area contributed by atoms with Crippen molar-refractivity contribution in [3.05, 3.63) is 64.7 Å². The summed E-state index contributed by atoms with van der Waals surface area (Å²) in [4.78, 5) is 27.0. The number of nitrogens with zero attached hydrogens (tertiary/aromatic N) is 1. The van der Waals surface area contributed by atoms with E-state index < -0.39 is 41.9 Å². The number of benzene rings is 2. The molecule has 2 amide bonds. The van der Waals surface area contributed by atoms with Crippen LogP contribution in [0.25, 0.3) is 0 Å². The third kappa shape index (κ3) is 6.22. The van der Waals surface area contributed by atoms with Crippen LogP contribution in [0, 0.1) is 11.6 Å². The van der Waals surface area contributed by atoms with Crippen molar-refractivity contribution in [1.82, 2.24) is 10.2 Å². The predicted octanol–water partition coefficient (Wildman–Crippen LogP) is 3.88. The number of carbonyl (C=O) groups is 2. The standard InChI is InChI=1S/C25H30F2N2O5/c1-25(2,3)34-24(32)28-21-13-29(12-15-5-7-17(33-4)8-6-15)22(31)11-18(21)23-19(26)9-16(14-30)10-20(23)27/h5-10,18,21,30H,11-14H2,1-4H3,(H,28,32)/t18?,21-/m0/s1. The fourth-order valence-electron chi connectivity index (χ4n) is 4.02. The number of carbonyl (C=O) groups excluding carboxylic acids is 2. The summed E-state index contributed by atoms with van der Waals surface area (Å²) in [5.74, 6) is -2.31. The number of piperidine rings is 1. The van der Waals surface area contributed by atoms with E-state index in [2.05, 4.69) is 5.32 Å². The molecule has 2 atom stereocenters. The van der Waals surface area contributed by atoms with E-state index in [1.54, 1.807) is 40.0 Å². The number of likely N-dealkylation sites (tertiary alicyclic amines) is 1. The van der Waals surface area contributed by atoms with Crippen LogP contribution in [-0.2, 0) is 22.7 Å². The summed E-state index contributed by atoms with van der Waals surface area (Å²) in [6, 6.07) is 8.47. The minimum absolute atomic E-state index is 0.0371. The van der Waals surface area contributed by atoms with Crippen LogP contribution in [0.4, 0.5) is 13.6 Å². The lowest BCUT2D eigenvalue weighted by Crippen LogP contribution is -2.54. The molecule has 2 aromatic rings. The van der Waals surface area contributed by atoms with Gasteiger partial charge in [-0.25, -0.2) is 13.6 Å². The molecule has 0 radical (unpaired) electrons. The number of amides is 2. The molecule has 0 spiro atoms. The van der Waals surface area contributed by atoms with Crippen molar-refractivity contribution in [2.45, 2.75) is 57.9 Å². The van der Waals surface area contributed by atoms with E-state index in [-0.39, 0.29) is 36.5 Å². The summed E-state index contributed by atoms with van der Waals surface area (Å²) in [5.41, 5.74) is -0.144. The van der Waals surface area contributed by atoms with Gasteiger partial charge in [-0.2, -0.15) is 0 Å². The zero-order valence-corrected chi connectivity index (χ0v) is 19.7. The number of nitrogens with one attached hydrogen (secondary N) is 1. The molecule has 34 heavy (non-hydrogen) atoms. The first-order chi connectivity index (χ1) is 16.0. The summed E-state index contributed by atoms with van der Waals surface area (Å²) in [6.07, 6.45) is -0.947. The van der Waals surface area contributed by atoms with Crippen LogP contribution in [0.3, 0.4) is 0 Å². The second-order valence-corrected chi connectivity index (χ2v) is 9.32. The third-order valence-corrected chi connectivity index (χ3v) is 5.58. The highest BCUT2D eigenvalue weighted by Crippen LogP contribution is 2.34. The first-order valence-electron chi connectivity index (χ1n) is 11.0. The fourth-order valence-corrected chi connectivity index (χ4v) is 4.02. The lowest BCUT2D eigenvalue weighted by molar-refractivity contribution is -0.135. The number of alkyl carbamates (subject to hydrolysis) is 1. The van der Waals surface area contributed by atoms with Crippen molar-refractivity contribution in [2.24, 2.45) is 0 Å². The van der Waals surface area contributed by atoms with E-state index in [0.717, 1.165) is 17.7 Å². The van der Waals surface area contributed by atoms with Gasteiger partial charge in [-0.05, 0) is 56.2 Å². The Balaban J connectivity index is 1.89. The van der Waals surface area contributed by atoms with Gasteiger partial charge in [0.2, 0.25) is 5.91 Å². The Hall–Kier alpha value is -3.20. The van der Waals surface area contributed by atoms with Crippen LogP contribution in [-0.4, -0.2) is 47.3 Å². The molecule has 1 unspecified atom stereocenters. The van der Waals surface area contributed by atoms with Gasteiger partial charge < -0.3 is 24.8 Å². The molecule has 0 saturated carbocycles. The smallest absolute Gasteiger partial charge is 0.407 e. The predicted molar refractivity (Wildman–Crippen MR) is 121 cm³/mol. The lowest BCUT2D eigenvalue weighted by atomic mass is 9.83. The molecule has 2 N–H and O–H groups in total. The van der Waals surface area contributed by atoms with Gasteiger partial charge in [0.25, 0.3) is 0 Å². The minimum Gasteiger partial charge on any atom is -0.497 e. The van der Waals surface area contributed by atoms with Crippen LogP contribution in [0.15, 0.2) is 36.4 Å². The molecule has 0 bridgehead atoms. The van der Waals surface area contributed by atoms with E-state index in [1.165, 1.54) is 4.90 Å². The van der Waals surface area contributed by atoms with Crippen LogP contribution in [0.2, 0.25) is 0 Å². The molecule has 9 heteroatoms. The Bertz CT molecular complexity index is 1010. The molecule has 1 fully saturated rings. The van der Waals surface area contributed by atoms with Gasteiger partial charge in [-0.3, -0.25) is 4.79 Å². The van der Waals surface area contributed by atoms with Crippen molar-refractivity contribution in [1.29, 1.82) is 0 Å². The van der Waals surface area contributed by atoms with Crippen molar-refractivity contribution < 1.29 is 33.0 Å².